The van der Waals surface area contributed by atoms with Crippen LogP contribution in [0.1, 0.15) is 13.3 Å². The van der Waals surface area contributed by atoms with Gasteiger partial charge >= 0.3 is 0 Å². The van der Waals surface area contributed by atoms with Crippen molar-refractivity contribution in [1.82, 2.24) is 9.97 Å². The maximum atomic E-state index is 5.94. The van der Waals surface area contributed by atoms with E-state index in [4.69, 9.17) is 11.6 Å². The van der Waals surface area contributed by atoms with Crippen molar-refractivity contribution in [2.24, 2.45) is 0 Å². The first-order valence-electron chi connectivity index (χ1n) is 7.04. The normalized spacial score (nSPS) is 10.8. The molecule has 0 spiro atoms. The largest absolute Gasteiger partial charge is 0.369 e. The quantitative estimate of drug-likeness (QED) is 0.753. The zero-order chi connectivity index (χ0) is 14.7. The average Bonchev–Trinajstić information content (AvgIpc) is 2.53. The summed E-state index contributed by atoms with van der Waals surface area (Å²) in [6, 6.07) is 15.6. The fourth-order valence-corrected chi connectivity index (χ4v) is 2.31. The van der Waals surface area contributed by atoms with Crippen molar-refractivity contribution in [1.29, 1.82) is 0 Å². The number of halogens is 1. The lowest BCUT2D eigenvalue weighted by Crippen LogP contribution is -2.04. The minimum atomic E-state index is 0.712. The van der Waals surface area contributed by atoms with Crippen LogP contribution in [-0.2, 0) is 0 Å². The fraction of sp³-hybridized carbons (Fsp3) is 0.176. The molecule has 0 amide bonds. The summed E-state index contributed by atoms with van der Waals surface area (Å²) in [5.74, 6) is 1.59. The summed E-state index contributed by atoms with van der Waals surface area (Å²) in [6.07, 6.45) is 1.05. The monoisotopic (exact) mass is 297 g/mol. The van der Waals surface area contributed by atoms with Crippen LogP contribution in [-0.4, -0.2) is 16.5 Å². The van der Waals surface area contributed by atoms with Crippen LogP contribution in [0.2, 0.25) is 5.02 Å². The first kappa shape index (κ1) is 13.8. The van der Waals surface area contributed by atoms with Gasteiger partial charge < -0.3 is 5.32 Å². The Morgan fingerprint density at radius 3 is 2.52 bits per heavy atom. The molecule has 0 fully saturated rings. The number of aromatic nitrogens is 2. The summed E-state index contributed by atoms with van der Waals surface area (Å²) >= 11 is 5.94. The molecule has 1 N–H and O–H groups in total. The molecule has 3 aromatic rings. The Morgan fingerprint density at radius 1 is 1.00 bits per heavy atom. The molecular weight excluding hydrogens is 282 g/mol. The van der Waals surface area contributed by atoms with Gasteiger partial charge in [0.25, 0.3) is 0 Å². The molecule has 0 saturated carbocycles. The van der Waals surface area contributed by atoms with Crippen LogP contribution in [0.25, 0.3) is 22.3 Å². The van der Waals surface area contributed by atoms with Gasteiger partial charge in [0.05, 0.1) is 5.52 Å². The van der Waals surface area contributed by atoms with Crippen molar-refractivity contribution in [3.63, 3.8) is 0 Å². The van der Waals surface area contributed by atoms with Crippen molar-refractivity contribution in [2.75, 3.05) is 11.9 Å². The summed E-state index contributed by atoms with van der Waals surface area (Å²) in [7, 11) is 0. The first-order valence-corrected chi connectivity index (χ1v) is 7.42. The molecule has 1 aromatic heterocycles. The van der Waals surface area contributed by atoms with Crippen LogP contribution in [0.5, 0.6) is 0 Å². The molecule has 3 rings (SSSR count). The lowest BCUT2D eigenvalue weighted by molar-refractivity contribution is 0.970. The van der Waals surface area contributed by atoms with Gasteiger partial charge in [-0.05, 0) is 42.8 Å². The molecule has 2 aromatic carbocycles. The molecule has 0 bridgehead atoms. The molecule has 0 unspecified atom stereocenters. The van der Waals surface area contributed by atoms with Gasteiger partial charge in [-0.2, -0.15) is 0 Å². The van der Waals surface area contributed by atoms with Crippen molar-refractivity contribution >= 4 is 28.3 Å². The zero-order valence-electron chi connectivity index (χ0n) is 11.8. The Labute approximate surface area is 129 Å². The van der Waals surface area contributed by atoms with Crippen LogP contribution in [0.15, 0.2) is 48.5 Å². The van der Waals surface area contributed by atoms with Gasteiger partial charge in [0.2, 0.25) is 0 Å². The molecule has 0 radical (unpaired) electrons. The topological polar surface area (TPSA) is 37.8 Å². The fourth-order valence-electron chi connectivity index (χ4n) is 2.18. The van der Waals surface area contributed by atoms with E-state index in [1.54, 1.807) is 0 Å². The number of para-hydroxylation sites is 1. The van der Waals surface area contributed by atoms with Gasteiger partial charge in [0, 0.05) is 22.5 Å². The maximum absolute atomic E-state index is 5.94. The van der Waals surface area contributed by atoms with Crippen LogP contribution in [0, 0.1) is 0 Å². The number of nitrogens with one attached hydrogen (secondary N) is 1. The summed E-state index contributed by atoms with van der Waals surface area (Å²) in [4.78, 5) is 9.32. The van der Waals surface area contributed by atoms with Gasteiger partial charge in [-0.15, -0.1) is 0 Å². The summed E-state index contributed by atoms with van der Waals surface area (Å²) in [6.45, 7) is 3.03. The Balaban J connectivity index is 2.12. The third-order valence-corrected chi connectivity index (χ3v) is 3.50. The molecule has 0 saturated heterocycles. The standard InChI is InChI=1S/C17H16ClN3/c1-2-11-19-17-14-5-3-4-6-15(14)20-16(21-17)12-7-9-13(18)10-8-12/h3-10H,2,11H2,1H3,(H,19,20,21). The van der Waals surface area contributed by atoms with Crippen LogP contribution >= 0.6 is 11.6 Å². The van der Waals surface area contributed by atoms with Gasteiger partial charge in [-0.3, -0.25) is 0 Å². The predicted molar refractivity (Wildman–Crippen MR) is 88.8 cm³/mol. The van der Waals surface area contributed by atoms with E-state index in [9.17, 15) is 0 Å². The van der Waals surface area contributed by atoms with Gasteiger partial charge in [0.15, 0.2) is 5.82 Å². The molecule has 1 heterocycles. The van der Waals surface area contributed by atoms with E-state index in [1.807, 2.05) is 48.5 Å². The van der Waals surface area contributed by atoms with Crippen LogP contribution in [0.3, 0.4) is 0 Å². The van der Waals surface area contributed by atoms with E-state index in [1.165, 1.54) is 0 Å². The minimum Gasteiger partial charge on any atom is -0.369 e. The first-order chi connectivity index (χ1) is 10.3. The Morgan fingerprint density at radius 2 is 1.76 bits per heavy atom. The molecule has 0 aliphatic heterocycles. The summed E-state index contributed by atoms with van der Waals surface area (Å²) < 4.78 is 0. The Hall–Kier alpha value is -2.13. The third-order valence-electron chi connectivity index (χ3n) is 3.25. The highest BCUT2D eigenvalue weighted by Gasteiger charge is 2.08. The van der Waals surface area contributed by atoms with Crippen LogP contribution in [0.4, 0.5) is 5.82 Å². The maximum Gasteiger partial charge on any atom is 0.162 e. The molecule has 21 heavy (non-hydrogen) atoms. The molecule has 4 heteroatoms. The molecule has 0 aliphatic rings. The molecule has 3 nitrogen and oxygen atoms in total. The van der Waals surface area contributed by atoms with Crippen molar-refractivity contribution in [3.8, 4) is 11.4 Å². The molecule has 106 valence electrons. The number of anilines is 1. The number of rotatable bonds is 4. The van der Waals surface area contributed by atoms with Crippen LogP contribution < -0.4 is 5.32 Å². The third kappa shape index (κ3) is 2.98. The lowest BCUT2D eigenvalue weighted by Gasteiger charge is -2.10. The number of fused-ring (bicyclic) bond motifs is 1. The summed E-state index contributed by atoms with van der Waals surface area (Å²) in [5.41, 5.74) is 1.90. The SMILES string of the molecule is CCCNc1nc(-c2ccc(Cl)cc2)nc2ccccc12. The van der Waals surface area contributed by atoms with Crippen molar-refractivity contribution in [3.05, 3.63) is 53.6 Å². The highest BCUT2D eigenvalue weighted by atomic mass is 35.5. The molecule has 0 atom stereocenters. The highest BCUT2D eigenvalue weighted by molar-refractivity contribution is 6.30. The minimum absolute atomic E-state index is 0.712. The lowest BCUT2D eigenvalue weighted by atomic mass is 10.2. The highest BCUT2D eigenvalue weighted by Crippen LogP contribution is 2.25. The van der Waals surface area contributed by atoms with Crippen molar-refractivity contribution < 1.29 is 0 Å². The molecule has 0 aliphatic carbocycles. The van der Waals surface area contributed by atoms with E-state index in [0.717, 1.165) is 35.2 Å². The smallest absolute Gasteiger partial charge is 0.162 e. The Kier molecular flexibility index (Phi) is 4.02. The zero-order valence-corrected chi connectivity index (χ0v) is 12.6. The Bertz CT molecular complexity index is 754. The number of nitrogens with zero attached hydrogens (tertiary/aromatic N) is 2. The van der Waals surface area contributed by atoms with E-state index in [-0.39, 0.29) is 0 Å². The second kappa shape index (κ2) is 6.10. The number of hydrogen-bond acceptors (Lipinski definition) is 3. The van der Waals surface area contributed by atoms with Gasteiger partial charge in [-0.25, -0.2) is 9.97 Å². The van der Waals surface area contributed by atoms with E-state index >= 15 is 0 Å². The number of hydrogen-bond donors (Lipinski definition) is 1. The van der Waals surface area contributed by atoms with Gasteiger partial charge in [-0.1, -0.05) is 30.7 Å². The second-order valence-corrected chi connectivity index (χ2v) is 5.28. The van der Waals surface area contributed by atoms with E-state index in [2.05, 4.69) is 22.2 Å². The van der Waals surface area contributed by atoms with E-state index < -0.39 is 0 Å². The molecular formula is C17H16ClN3. The van der Waals surface area contributed by atoms with Crippen molar-refractivity contribution in [2.45, 2.75) is 13.3 Å². The average molecular weight is 298 g/mol. The number of benzene rings is 2. The summed E-state index contributed by atoms with van der Waals surface area (Å²) in [5, 5.41) is 5.14. The van der Waals surface area contributed by atoms with E-state index in [0.29, 0.717) is 10.8 Å². The second-order valence-electron chi connectivity index (χ2n) is 4.85. The predicted octanol–water partition coefficient (Wildman–Crippen LogP) is 4.77. The van der Waals surface area contributed by atoms with Gasteiger partial charge in [0.1, 0.15) is 5.82 Å².